The van der Waals surface area contributed by atoms with Crippen molar-refractivity contribution >= 4 is 34.4 Å². The van der Waals surface area contributed by atoms with E-state index in [4.69, 9.17) is 26.2 Å². The summed E-state index contributed by atoms with van der Waals surface area (Å²) in [6, 6.07) is 7.60. The standard InChI is InChI=1S/C18H20ClNO4/c1-11(18(22)20-8-9-21)10-14-15(19)17(24-3)13-7-5-4-6-12(13)16(14)23-2/h4-7,10,21H,8-9H2,1-3H3,(H,20,22)/b11-10+. The highest BCUT2D eigenvalue weighted by molar-refractivity contribution is 6.35. The van der Waals surface area contributed by atoms with Crippen molar-refractivity contribution in [2.24, 2.45) is 0 Å². The predicted octanol–water partition coefficient (Wildman–Crippen LogP) is 3.02. The summed E-state index contributed by atoms with van der Waals surface area (Å²) in [6.45, 7) is 1.74. The summed E-state index contributed by atoms with van der Waals surface area (Å²) in [5, 5.41) is 13.5. The molecule has 0 aliphatic carbocycles. The fourth-order valence-corrected chi connectivity index (χ4v) is 2.82. The van der Waals surface area contributed by atoms with Crippen molar-refractivity contribution in [3.05, 3.63) is 40.4 Å². The van der Waals surface area contributed by atoms with Crippen molar-refractivity contribution in [2.45, 2.75) is 6.92 Å². The van der Waals surface area contributed by atoms with Crippen molar-refractivity contribution in [3.8, 4) is 11.5 Å². The van der Waals surface area contributed by atoms with Gasteiger partial charge < -0.3 is 19.9 Å². The molecule has 0 fully saturated rings. The minimum atomic E-state index is -0.283. The molecular weight excluding hydrogens is 330 g/mol. The first-order chi connectivity index (χ1) is 11.5. The molecule has 0 spiro atoms. The van der Waals surface area contributed by atoms with Gasteiger partial charge in [-0.3, -0.25) is 4.79 Å². The van der Waals surface area contributed by atoms with Crippen LogP contribution in [-0.4, -0.2) is 38.4 Å². The molecule has 24 heavy (non-hydrogen) atoms. The zero-order chi connectivity index (χ0) is 17.7. The van der Waals surface area contributed by atoms with Crippen LogP contribution in [0.3, 0.4) is 0 Å². The van der Waals surface area contributed by atoms with Crippen LogP contribution < -0.4 is 14.8 Å². The van der Waals surface area contributed by atoms with E-state index in [2.05, 4.69) is 5.32 Å². The molecule has 0 heterocycles. The lowest BCUT2D eigenvalue weighted by Gasteiger charge is -2.16. The Balaban J connectivity index is 2.65. The third kappa shape index (κ3) is 3.47. The Morgan fingerprint density at radius 2 is 1.79 bits per heavy atom. The molecule has 0 saturated heterocycles. The summed E-state index contributed by atoms with van der Waals surface area (Å²) in [5.74, 6) is 0.822. The molecule has 0 saturated carbocycles. The number of carbonyl (C=O) groups excluding carboxylic acids is 1. The van der Waals surface area contributed by atoms with Gasteiger partial charge in [0.2, 0.25) is 5.91 Å². The van der Waals surface area contributed by atoms with E-state index in [0.29, 0.717) is 27.7 Å². The number of rotatable bonds is 6. The fourth-order valence-electron chi connectivity index (χ4n) is 2.50. The van der Waals surface area contributed by atoms with Crippen molar-refractivity contribution < 1.29 is 19.4 Å². The van der Waals surface area contributed by atoms with E-state index < -0.39 is 0 Å². The number of hydrogen-bond acceptors (Lipinski definition) is 4. The Hall–Kier alpha value is -2.24. The molecule has 0 aliphatic heterocycles. The second kappa shape index (κ2) is 8.04. The highest BCUT2D eigenvalue weighted by Crippen LogP contribution is 2.44. The van der Waals surface area contributed by atoms with Gasteiger partial charge in [-0.15, -0.1) is 0 Å². The predicted molar refractivity (Wildman–Crippen MR) is 95.8 cm³/mol. The molecule has 1 amide bonds. The Kier molecular flexibility index (Phi) is 6.06. The highest BCUT2D eigenvalue weighted by Gasteiger charge is 2.19. The lowest BCUT2D eigenvalue weighted by atomic mass is 10.0. The monoisotopic (exact) mass is 349 g/mol. The molecule has 128 valence electrons. The number of ether oxygens (including phenoxy) is 2. The van der Waals surface area contributed by atoms with Crippen molar-refractivity contribution in [3.63, 3.8) is 0 Å². The van der Waals surface area contributed by atoms with Crippen LogP contribution in [0.5, 0.6) is 11.5 Å². The summed E-state index contributed by atoms with van der Waals surface area (Å²) in [5.41, 5.74) is 1.02. The topological polar surface area (TPSA) is 67.8 Å². The maximum Gasteiger partial charge on any atom is 0.247 e. The number of hydrogen-bond donors (Lipinski definition) is 2. The lowest BCUT2D eigenvalue weighted by Crippen LogP contribution is -2.26. The lowest BCUT2D eigenvalue weighted by molar-refractivity contribution is -0.117. The maximum absolute atomic E-state index is 12.0. The largest absolute Gasteiger partial charge is 0.495 e. The molecule has 0 atom stereocenters. The Morgan fingerprint density at radius 1 is 1.21 bits per heavy atom. The van der Waals surface area contributed by atoms with Crippen molar-refractivity contribution in [2.75, 3.05) is 27.4 Å². The summed E-state index contributed by atoms with van der Waals surface area (Å²) in [7, 11) is 3.11. The van der Waals surface area contributed by atoms with Gasteiger partial charge in [0.1, 0.15) is 11.5 Å². The molecule has 0 unspecified atom stereocenters. The number of methoxy groups -OCH3 is 2. The quantitative estimate of drug-likeness (QED) is 0.787. The van der Waals surface area contributed by atoms with Gasteiger partial charge in [-0.1, -0.05) is 35.9 Å². The van der Waals surface area contributed by atoms with Crippen molar-refractivity contribution in [1.82, 2.24) is 5.32 Å². The summed E-state index contributed by atoms with van der Waals surface area (Å²) >= 11 is 6.50. The van der Waals surface area contributed by atoms with Crippen LogP contribution in [0.4, 0.5) is 0 Å². The zero-order valence-corrected chi connectivity index (χ0v) is 14.6. The van der Waals surface area contributed by atoms with Crippen LogP contribution in [0.2, 0.25) is 5.02 Å². The van der Waals surface area contributed by atoms with Crippen LogP contribution in [0, 0.1) is 0 Å². The molecule has 0 radical (unpaired) electrons. The normalized spacial score (nSPS) is 11.5. The van der Waals surface area contributed by atoms with Crippen LogP contribution in [0.15, 0.2) is 29.8 Å². The summed E-state index contributed by atoms with van der Waals surface area (Å²) in [6.07, 6.45) is 1.66. The maximum atomic E-state index is 12.0. The van der Waals surface area contributed by atoms with Crippen LogP contribution in [0.25, 0.3) is 16.8 Å². The smallest absolute Gasteiger partial charge is 0.247 e. The molecule has 2 aromatic carbocycles. The Labute approximate surface area is 145 Å². The van der Waals surface area contributed by atoms with Crippen LogP contribution in [-0.2, 0) is 4.79 Å². The first-order valence-corrected chi connectivity index (χ1v) is 7.82. The summed E-state index contributed by atoms with van der Waals surface area (Å²) < 4.78 is 11.0. The second-order valence-electron chi connectivity index (χ2n) is 5.15. The summed E-state index contributed by atoms with van der Waals surface area (Å²) in [4.78, 5) is 12.0. The third-order valence-electron chi connectivity index (χ3n) is 3.62. The van der Waals surface area contributed by atoms with Gasteiger partial charge in [-0.2, -0.15) is 0 Å². The molecule has 2 N–H and O–H groups in total. The Morgan fingerprint density at radius 3 is 2.33 bits per heavy atom. The van der Waals surface area contributed by atoms with E-state index in [1.54, 1.807) is 27.2 Å². The highest BCUT2D eigenvalue weighted by atomic mass is 35.5. The number of aliphatic hydroxyl groups is 1. The second-order valence-corrected chi connectivity index (χ2v) is 5.52. The van der Waals surface area contributed by atoms with E-state index in [1.807, 2.05) is 24.3 Å². The number of benzene rings is 2. The number of nitrogens with one attached hydrogen (secondary N) is 1. The minimum Gasteiger partial charge on any atom is -0.495 e. The average Bonchev–Trinajstić information content (AvgIpc) is 2.60. The molecule has 6 heteroatoms. The first kappa shape index (κ1) is 18.1. The van der Waals surface area contributed by atoms with E-state index >= 15 is 0 Å². The SMILES string of the molecule is COc1c(Cl)c(/C=C(\C)C(=O)NCCO)c(OC)c2ccccc12. The number of fused-ring (bicyclic) bond motifs is 1. The van der Waals surface area contributed by atoms with Gasteiger partial charge in [-0.05, 0) is 13.0 Å². The number of carbonyl (C=O) groups is 1. The van der Waals surface area contributed by atoms with Crippen LogP contribution in [0.1, 0.15) is 12.5 Å². The fraction of sp³-hybridized carbons (Fsp3) is 0.278. The van der Waals surface area contributed by atoms with E-state index in [-0.39, 0.29) is 19.1 Å². The zero-order valence-electron chi connectivity index (χ0n) is 13.9. The number of halogens is 1. The Bertz CT molecular complexity index is 786. The molecule has 2 rings (SSSR count). The van der Waals surface area contributed by atoms with Gasteiger partial charge in [0.05, 0.1) is 25.8 Å². The van der Waals surface area contributed by atoms with Gasteiger partial charge in [0, 0.05) is 28.5 Å². The number of aliphatic hydroxyl groups excluding tert-OH is 1. The van der Waals surface area contributed by atoms with Crippen molar-refractivity contribution in [1.29, 1.82) is 0 Å². The van der Waals surface area contributed by atoms with Gasteiger partial charge >= 0.3 is 0 Å². The number of amides is 1. The molecule has 0 aliphatic rings. The van der Waals surface area contributed by atoms with E-state index in [1.165, 1.54) is 0 Å². The third-order valence-corrected chi connectivity index (χ3v) is 4.00. The molecule has 2 aromatic rings. The van der Waals surface area contributed by atoms with E-state index in [9.17, 15) is 4.79 Å². The van der Waals surface area contributed by atoms with Gasteiger partial charge in [-0.25, -0.2) is 0 Å². The van der Waals surface area contributed by atoms with Crippen LogP contribution >= 0.6 is 11.6 Å². The van der Waals surface area contributed by atoms with Gasteiger partial charge in [0.15, 0.2) is 0 Å². The van der Waals surface area contributed by atoms with Gasteiger partial charge in [0.25, 0.3) is 0 Å². The molecule has 0 aromatic heterocycles. The molecule has 0 bridgehead atoms. The minimum absolute atomic E-state index is 0.118. The first-order valence-electron chi connectivity index (χ1n) is 7.44. The molecular formula is C18H20ClNO4. The van der Waals surface area contributed by atoms with E-state index in [0.717, 1.165) is 10.8 Å². The molecule has 5 nitrogen and oxygen atoms in total. The average molecular weight is 350 g/mol.